The highest BCUT2D eigenvalue weighted by atomic mass is 31.2. The van der Waals surface area contributed by atoms with Crippen molar-refractivity contribution in [1.82, 2.24) is 0 Å². The molecule has 0 aliphatic rings. The number of ether oxygens (including phenoxy) is 4. The van der Waals surface area contributed by atoms with Crippen LogP contribution in [0.1, 0.15) is 447 Å². The fraction of sp³-hybridized carbons (Fsp3) is 0.953. The highest BCUT2D eigenvalue weighted by Crippen LogP contribution is 2.45. The molecule has 0 heterocycles. The maximum Gasteiger partial charge on any atom is 0.472 e. The van der Waals surface area contributed by atoms with Gasteiger partial charge in [-0.05, 0) is 49.4 Å². The van der Waals surface area contributed by atoms with E-state index in [1.54, 1.807) is 0 Å². The van der Waals surface area contributed by atoms with E-state index in [-0.39, 0.29) is 25.7 Å². The summed E-state index contributed by atoms with van der Waals surface area (Å²) in [7, 11) is -9.93. The molecular weight excluding hydrogens is 1370 g/mol. The quantitative estimate of drug-likeness (QED) is 0.0222. The van der Waals surface area contributed by atoms with Gasteiger partial charge >= 0.3 is 39.5 Å². The molecule has 0 spiro atoms. The van der Waals surface area contributed by atoms with Crippen LogP contribution in [0.2, 0.25) is 0 Å². The lowest BCUT2D eigenvalue weighted by molar-refractivity contribution is -0.161. The van der Waals surface area contributed by atoms with Gasteiger partial charge in [-0.1, -0.05) is 396 Å². The number of hydrogen-bond acceptors (Lipinski definition) is 15. The number of rotatable bonds is 83. The highest BCUT2D eigenvalue weighted by Gasteiger charge is 2.30. The molecule has 0 aromatic rings. The SMILES string of the molecule is CC(C)CCCCCCCCCCCCCCCCCCCCC(=O)O[C@H](COC(=O)CCCCCCCCCCCCCCCCCCC(C)C)COP(=O)(O)OC[C@@H](O)COP(=O)(O)OC[C@@H](COC(=O)CCCCCCCCCCC(C)C)OC(=O)CCCCCCCCCCCCCC(C)C. The van der Waals surface area contributed by atoms with Gasteiger partial charge in [0.1, 0.15) is 19.3 Å². The van der Waals surface area contributed by atoms with Crippen molar-refractivity contribution in [2.75, 3.05) is 39.6 Å². The van der Waals surface area contributed by atoms with Crippen molar-refractivity contribution in [1.29, 1.82) is 0 Å². The smallest absolute Gasteiger partial charge is 0.462 e. The molecule has 0 rings (SSSR count). The van der Waals surface area contributed by atoms with Crippen LogP contribution < -0.4 is 0 Å². The standard InChI is InChI=1S/C86H168O17P2/c1-76(2)62-54-46-38-30-24-19-15-11-9-10-12-18-22-28-34-44-52-60-68-85(90)102-81(72-96-83(88)66-58-50-42-33-27-21-17-14-13-16-20-25-31-39-47-55-63-77(3)4)74-100-104(92,93)98-70-80(87)71-99-105(94,95)101-75-82(73-97-84(89)67-59-51-43-37-36-41-49-57-65-79(7)8)103-86(91)69-61-53-45-35-29-23-26-32-40-48-56-64-78(5)6/h76-82,87H,9-75H2,1-8H3,(H,92,93)(H,94,95)/t80-,81-,82-/m1/s1. The third kappa shape index (κ3) is 79.9. The number of aliphatic hydroxyl groups is 1. The lowest BCUT2D eigenvalue weighted by Gasteiger charge is -2.21. The number of carbonyl (C=O) groups excluding carboxylic acids is 4. The minimum absolute atomic E-state index is 0.106. The van der Waals surface area contributed by atoms with Gasteiger partial charge in [0.15, 0.2) is 12.2 Å². The Kier molecular flexibility index (Phi) is 73.4. The summed E-state index contributed by atoms with van der Waals surface area (Å²) in [5, 5.41) is 10.7. The Hall–Kier alpha value is -1.94. The Morgan fingerprint density at radius 3 is 0.590 bits per heavy atom. The monoisotopic (exact) mass is 1540 g/mol. The Bertz CT molecular complexity index is 2040. The third-order valence-electron chi connectivity index (χ3n) is 20.1. The van der Waals surface area contributed by atoms with Crippen molar-refractivity contribution in [3.63, 3.8) is 0 Å². The van der Waals surface area contributed by atoms with E-state index in [1.807, 2.05) is 0 Å². The lowest BCUT2D eigenvalue weighted by Crippen LogP contribution is -2.30. The first kappa shape index (κ1) is 103. The molecule has 5 atom stereocenters. The van der Waals surface area contributed by atoms with Crippen molar-refractivity contribution in [2.45, 2.75) is 465 Å². The number of phosphoric acid groups is 2. The number of aliphatic hydroxyl groups excluding tert-OH is 1. The second-order valence-corrected chi connectivity index (χ2v) is 35.7. The van der Waals surface area contributed by atoms with Crippen molar-refractivity contribution in [3.8, 4) is 0 Å². The molecule has 0 amide bonds. The van der Waals surface area contributed by atoms with Crippen LogP contribution in [0, 0.1) is 23.7 Å². The summed E-state index contributed by atoms with van der Waals surface area (Å²) in [5.41, 5.74) is 0. The van der Waals surface area contributed by atoms with Gasteiger partial charge in [0.05, 0.1) is 26.4 Å². The summed E-state index contributed by atoms with van der Waals surface area (Å²) in [6.07, 6.45) is 64.0. The molecule has 105 heavy (non-hydrogen) atoms. The van der Waals surface area contributed by atoms with Gasteiger partial charge in [-0.3, -0.25) is 37.3 Å². The van der Waals surface area contributed by atoms with Crippen molar-refractivity contribution in [3.05, 3.63) is 0 Å². The van der Waals surface area contributed by atoms with E-state index in [0.29, 0.717) is 25.7 Å². The fourth-order valence-electron chi connectivity index (χ4n) is 13.3. The number of hydrogen-bond donors (Lipinski definition) is 3. The van der Waals surface area contributed by atoms with E-state index >= 15 is 0 Å². The molecule has 0 aromatic carbocycles. The molecule has 0 aliphatic heterocycles. The summed E-state index contributed by atoms with van der Waals surface area (Å²) >= 11 is 0. The Morgan fingerprint density at radius 2 is 0.400 bits per heavy atom. The van der Waals surface area contributed by atoms with Gasteiger partial charge in [-0.15, -0.1) is 0 Å². The predicted molar refractivity (Wildman–Crippen MR) is 432 cm³/mol. The van der Waals surface area contributed by atoms with E-state index in [4.69, 9.17) is 37.0 Å². The number of phosphoric ester groups is 2. The molecule has 0 saturated carbocycles. The third-order valence-corrected chi connectivity index (χ3v) is 22.0. The molecule has 0 radical (unpaired) electrons. The van der Waals surface area contributed by atoms with Crippen LogP contribution >= 0.6 is 15.6 Å². The fourth-order valence-corrected chi connectivity index (χ4v) is 14.9. The van der Waals surface area contributed by atoms with E-state index in [0.717, 1.165) is 114 Å². The second-order valence-electron chi connectivity index (χ2n) is 32.8. The van der Waals surface area contributed by atoms with Gasteiger partial charge < -0.3 is 33.8 Å². The van der Waals surface area contributed by atoms with Gasteiger partial charge in [-0.25, -0.2) is 9.13 Å². The minimum Gasteiger partial charge on any atom is -0.462 e. The van der Waals surface area contributed by atoms with Gasteiger partial charge in [0, 0.05) is 25.7 Å². The summed E-state index contributed by atoms with van der Waals surface area (Å²) in [6.45, 7) is 14.3. The maximum absolute atomic E-state index is 13.1. The largest absolute Gasteiger partial charge is 0.472 e. The minimum atomic E-state index is -4.97. The zero-order valence-corrected chi connectivity index (χ0v) is 71.2. The molecule has 17 nitrogen and oxygen atoms in total. The van der Waals surface area contributed by atoms with Crippen LogP contribution in [0.4, 0.5) is 0 Å². The average Bonchev–Trinajstić information content (AvgIpc) is 0.903. The summed E-state index contributed by atoms with van der Waals surface area (Å²) in [6, 6.07) is 0. The molecule has 2 unspecified atom stereocenters. The zero-order valence-electron chi connectivity index (χ0n) is 69.4. The normalized spacial score (nSPS) is 13.9. The first-order valence-electron chi connectivity index (χ1n) is 44.2. The van der Waals surface area contributed by atoms with Gasteiger partial charge in [0.2, 0.25) is 0 Å². The number of esters is 4. The van der Waals surface area contributed by atoms with Crippen LogP contribution in [0.15, 0.2) is 0 Å². The van der Waals surface area contributed by atoms with Crippen LogP contribution in [-0.4, -0.2) is 96.7 Å². The first-order valence-corrected chi connectivity index (χ1v) is 47.2. The molecule has 624 valence electrons. The maximum atomic E-state index is 13.1. The van der Waals surface area contributed by atoms with Crippen molar-refractivity contribution < 1.29 is 80.2 Å². The van der Waals surface area contributed by atoms with Crippen LogP contribution in [0.3, 0.4) is 0 Å². The van der Waals surface area contributed by atoms with E-state index < -0.39 is 97.5 Å². The molecule has 3 N–H and O–H groups in total. The van der Waals surface area contributed by atoms with Crippen molar-refractivity contribution >= 4 is 39.5 Å². The van der Waals surface area contributed by atoms with Crippen LogP contribution in [0.25, 0.3) is 0 Å². The molecular formula is C86H168O17P2. The van der Waals surface area contributed by atoms with E-state index in [9.17, 15) is 43.2 Å². The zero-order chi connectivity index (χ0) is 77.4. The van der Waals surface area contributed by atoms with Crippen LogP contribution in [-0.2, 0) is 65.4 Å². The molecule has 0 aliphatic carbocycles. The van der Waals surface area contributed by atoms with Gasteiger partial charge in [0.25, 0.3) is 0 Å². The first-order chi connectivity index (χ1) is 50.6. The van der Waals surface area contributed by atoms with E-state index in [2.05, 4.69) is 55.4 Å². The molecule has 0 aromatic heterocycles. The summed E-state index contributed by atoms with van der Waals surface area (Å²) in [5.74, 6) is 1.02. The Morgan fingerprint density at radius 1 is 0.238 bits per heavy atom. The second kappa shape index (κ2) is 74.8. The predicted octanol–water partition coefficient (Wildman–Crippen LogP) is 25.9. The Labute approximate surface area is 645 Å². The number of carbonyl (C=O) groups is 4. The molecule has 0 fully saturated rings. The Balaban J connectivity index is 5.24. The van der Waals surface area contributed by atoms with Crippen molar-refractivity contribution in [2.24, 2.45) is 23.7 Å². The van der Waals surface area contributed by atoms with Crippen LogP contribution in [0.5, 0.6) is 0 Å². The molecule has 0 saturated heterocycles. The van der Waals surface area contributed by atoms with Gasteiger partial charge in [-0.2, -0.15) is 0 Å². The molecule has 19 heteroatoms. The summed E-state index contributed by atoms with van der Waals surface area (Å²) in [4.78, 5) is 73.2. The summed E-state index contributed by atoms with van der Waals surface area (Å²) < 4.78 is 68.9. The highest BCUT2D eigenvalue weighted by molar-refractivity contribution is 7.47. The lowest BCUT2D eigenvalue weighted by atomic mass is 10.0. The van der Waals surface area contributed by atoms with E-state index in [1.165, 1.54) is 250 Å². The topological polar surface area (TPSA) is 237 Å². The molecule has 0 bridgehead atoms. The number of unbranched alkanes of at least 4 members (excludes halogenated alkanes) is 49. The average molecular weight is 1540 g/mol.